The smallest absolute Gasteiger partial charge is 0.273 e. The number of amides is 2. The second-order valence-electron chi connectivity index (χ2n) is 7.89. The molecule has 2 atom stereocenters. The van der Waals surface area contributed by atoms with Gasteiger partial charge in [-0.05, 0) is 83.8 Å². The molecule has 0 aromatic carbocycles. The highest BCUT2D eigenvalue weighted by atomic mass is 79.9. The Morgan fingerprint density at radius 1 is 1.17 bits per heavy atom. The van der Waals surface area contributed by atoms with Crippen molar-refractivity contribution in [2.45, 2.75) is 49.3 Å². The molecule has 2 N–H and O–H groups in total. The van der Waals surface area contributed by atoms with Gasteiger partial charge in [-0.1, -0.05) is 15.9 Å². The van der Waals surface area contributed by atoms with E-state index in [0.717, 1.165) is 34.9 Å². The summed E-state index contributed by atoms with van der Waals surface area (Å²) in [5.74, 6) is 1.19. The van der Waals surface area contributed by atoms with Crippen molar-refractivity contribution in [3.8, 4) is 0 Å². The van der Waals surface area contributed by atoms with Crippen molar-refractivity contribution in [2.75, 3.05) is 0 Å². The Bertz CT molecular complexity index is 676. The van der Waals surface area contributed by atoms with Gasteiger partial charge in [-0.25, -0.2) is 0 Å². The fourth-order valence-electron chi connectivity index (χ4n) is 5.55. The van der Waals surface area contributed by atoms with Crippen LogP contribution in [0.3, 0.4) is 0 Å². The highest BCUT2D eigenvalue weighted by molar-refractivity contribution is 9.11. The fourth-order valence-corrected chi connectivity index (χ4v) is 8.34. The predicted molar refractivity (Wildman–Crippen MR) is 101 cm³/mol. The van der Waals surface area contributed by atoms with Crippen molar-refractivity contribution in [3.05, 3.63) is 20.8 Å². The van der Waals surface area contributed by atoms with Gasteiger partial charge < -0.3 is 0 Å². The van der Waals surface area contributed by atoms with E-state index in [1.165, 1.54) is 30.6 Å². The minimum absolute atomic E-state index is 0.0722. The zero-order chi connectivity index (χ0) is 16.9. The molecule has 0 radical (unpaired) electrons. The van der Waals surface area contributed by atoms with E-state index in [-0.39, 0.29) is 21.6 Å². The number of carbonyl (C=O) groups is 2. The zero-order valence-corrected chi connectivity index (χ0v) is 17.2. The van der Waals surface area contributed by atoms with Crippen molar-refractivity contribution in [1.29, 1.82) is 0 Å². The van der Waals surface area contributed by atoms with Crippen LogP contribution in [0.25, 0.3) is 0 Å². The second kappa shape index (κ2) is 6.09. The molecular weight excluding hydrogens is 456 g/mol. The first kappa shape index (κ1) is 17.0. The third kappa shape index (κ3) is 3.31. The number of thiophene rings is 1. The number of halogens is 2. The Kier molecular flexibility index (Phi) is 4.32. The molecule has 1 aromatic heterocycles. The Labute approximate surface area is 162 Å². The largest absolute Gasteiger partial charge is 0.279 e. The maximum atomic E-state index is 12.4. The van der Waals surface area contributed by atoms with Gasteiger partial charge in [-0.15, -0.1) is 11.3 Å². The summed E-state index contributed by atoms with van der Waals surface area (Å²) in [6, 6.07) is 3.57. The van der Waals surface area contributed by atoms with Gasteiger partial charge in [0.15, 0.2) is 0 Å². The van der Waals surface area contributed by atoms with Crippen LogP contribution in [-0.4, -0.2) is 16.1 Å². The molecule has 2 amide bonds. The lowest BCUT2D eigenvalue weighted by Crippen LogP contribution is -2.54. The van der Waals surface area contributed by atoms with E-state index >= 15 is 0 Å². The van der Waals surface area contributed by atoms with Gasteiger partial charge in [0.1, 0.15) is 0 Å². The first-order valence-corrected chi connectivity index (χ1v) is 10.8. The summed E-state index contributed by atoms with van der Waals surface area (Å²) in [5.41, 5.74) is 5.28. The fraction of sp³-hybridized carbons (Fsp3) is 0.647. The Hall–Kier alpha value is -0.400. The summed E-state index contributed by atoms with van der Waals surface area (Å²) in [7, 11) is 0. The number of nitrogens with one attached hydrogen (secondary N) is 2. The molecule has 4 fully saturated rings. The lowest BCUT2D eigenvalue weighted by Gasteiger charge is -2.60. The normalized spacial score (nSPS) is 36.6. The second-order valence-corrected chi connectivity index (χ2v) is 12.0. The molecule has 4 aliphatic rings. The standard InChI is InChI=1S/C17H20Br2N2O2S/c18-13-2-1-12(24-13)15(23)21-20-14(22)8-16-4-10-3-11(5-16)7-17(19,6-10)9-16/h1-2,10-11H,3-9H2,(H,20,22)(H,21,23). The van der Waals surface area contributed by atoms with Crippen LogP contribution in [0.4, 0.5) is 0 Å². The van der Waals surface area contributed by atoms with Crippen molar-refractivity contribution in [1.82, 2.24) is 10.9 Å². The monoisotopic (exact) mass is 474 g/mol. The van der Waals surface area contributed by atoms with Gasteiger partial charge in [-0.3, -0.25) is 20.4 Å². The highest BCUT2D eigenvalue weighted by Gasteiger charge is 2.57. The van der Waals surface area contributed by atoms with Crippen molar-refractivity contribution < 1.29 is 9.59 Å². The van der Waals surface area contributed by atoms with Crippen LogP contribution in [-0.2, 0) is 4.79 Å². The quantitative estimate of drug-likeness (QED) is 0.502. The van der Waals surface area contributed by atoms with E-state index in [9.17, 15) is 9.59 Å². The molecule has 2 unspecified atom stereocenters. The molecule has 0 spiro atoms. The van der Waals surface area contributed by atoms with Crippen LogP contribution in [0.15, 0.2) is 15.9 Å². The van der Waals surface area contributed by atoms with Crippen LogP contribution in [0.2, 0.25) is 0 Å². The minimum Gasteiger partial charge on any atom is -0.273 e. The Morgan fingerprint density at radius 2 is 1.88 bits per heavy atom. The van der Waals surface area contributed by atoms with E-state index in [1.54, 1.807) is 6.07 Å². The maximum absolute atomic E-state index is 12.4. The number of hydrogen-bond donors (Lipinski definition) is 2. The molecule has 4 saturated carbocycles. The van der Waals surface area contributed by atoms with Crippen molar-refractivity contribution in [3.63, 3.8) is 0 Å². The lowest BCUT2D eigenvalue weighted by molar-refractivity contribution is -0.128. The molecule has 24 heavy (non-hydrogen) atoms. The number of carbonyl (C=O) groups excluding carboxylic acids is 2. The number of alkyl halides is 1. The average Bonchev–Trinajstić information content (AvgIpc) is 2.88. The summed E-state index contributed by atoms with van der Waals surface area (Å²) in [5, 5.41) is 0. The predicted octanol–water partition coefficient (Wildman–Crippen LogP) is 4.40. The summed E-state index contributed by atoms with van der Waals surface area (Å²) in [6.07, 6.45) is 7.79. The summed E-state index contributed by atoms with van der Waals surface area (Å²) < 4.78 is 1.15. The molecular formula is C17H20Br2N2O2S. The van der Waals surface area contributed by atoms with Gasteiger partial charge in [0.25, 0.3) is 5.91 Å². The first-order chi connectivity index (χ1) is 11.3. The number of rotatable bonds is 3. The summed E-state index contributed by atoms with van der Waals surface area (Å²) >= 11 is 8.66. The van der Waals surface area contributed by atoms with Gasteiger partial charge in [0.2, 0.25) is 5.91 Å². The van der Waals surface area contributed by atoms with Gasteiger partial charge >= 0.3 is 0 Å². The Morgan fingerprint density at radius 3 is 2.46 bits per heavy atom. The number of hydrogen-bond acceptors (Lipinski definition) is 3. The van der Waals surface area contributed by atoms with Crippen LogP contribution in [0, 0.1) is 17.3 Å². The molecule has 0 saturated heterocycles. The minimum atomic E-state index is -0.262. The molecule has 4 nitrogen and oxygen atoms in total. The molecule has 130 valence electrons. The van der Waals surface area contributed by atoms with E-state index in [4.69, 9.17) is 0 Å². The molecule has 5 rings (SSSR count). The van der Waals surface area contributed by atoms with E-state index in [2.05, 4.69) is 42.7 Å². The molecule has 1 aromatic rings. The molecule has 0 aliphatic heterocycles. The third-order valence-electron chi connectivity index (χ3n) is 5.76. The highest BCUT2D eigenvalue weighted by Crippen LogP contribution is 2.65. The lowest BCUT2D eigenvalue weighted by atomic mass is 9.48. The maximum Gasteiger partial charge on any atom is 0.279 e. The summed E-state index contributed by atoms with van der Waals surface area (Å²) in [4.78, 5) is 25.0. The third-order valence-corrected chi connectivity index (χ3v) is 8.31. The van der Waals surface area contributed by atoms with Gasteiger partial charge in [0.05, 0.1) is 8.66 Å². The van der Waals surface area contributed by atoms with E-state index < -0.39 is 0 Å². The van der Waals surface area contributed by atoms with Crippen LogP contribution in [0.5, 0.6) is 0 Å². The average molecular weight is 476 g/mol. The van der Waals surface area contributed by atoms with Crippen molar-refractivity contribution in [2.24, 2.45) is 17.3 Å². The van der Waals surface area contributed by atoms with E-state index in [1.807, 2.05) is 6.07 Å². The SMILES string of the molecule is O=C(CC12CC3CC(CC(Br)(C3)C1)C2)NNC(=O)c1ccc(Br)s1. The van der Waals surface area contributed by atoms with Crippen molar-refractivity contribution >= 4 is 55.0 Å². The van der Waals surface area contributed by atoms with Gasteiger partial charge in [-0.2, -0.15) is 0 Å². The topological polar surface area (TPSA) is 58.2 Å². The van der Waals surface area contributed by atoms with Crippen LogP contribution in [0.1, 0.15) is 54.6 Å². The Balaban J connectivity index is 1.35. The zero-order valence-electron chi connectivity index (χ0n) is 13.2. The number of hydrazine groups is 1. The molecule has 7 heteroatoms. The van der Waals surface area contributed by atoms with Crippen LogP contribution < -0.4 is 10.9 Å². The summed E-state index contributed by atoms with van der Waals surface area (Å²) in [6.45, 7) is 0. The van der Waals surface area contributed by atoms with E-state index in [0.29, 0.717) is 11.3 Å². The first-order valence-electron chi connectivity index (χ1n) is 8.38. The van der Waals surface area contributed by atoms with Crippen LogP contribution >= 0.6 is 43.2 Å². The molecule has 1 heterocycles. The molecule has 4 aliphatic carbocycles. The molecule has 4 bridgehead atoms. The van der Waals surface area contributed by atoms with Gasteiger partial charge in [0, 0.05) is 10.7 Å².